The van der Waals surface area contributed by atoms with E-state index in [4.69, 9.17) is 4.74 Å². The maximum atomic E-state index is 13.6. The van der Waals surface area contributed by atoms with Crippen molar-refractivity contribution in [3.05, 3.63) is 80.4 Å². The summed E-state index contributed by atoms with van der Waals surface area (Å²) in [5, 5.41) is 11.0. The molecule has 2 aromatic rings. The van der Waals surface area contributed by atoms with Gasteiger partial charge in [-0.05, 0) is 55.5 Å². The first-order valence-electron chi connectivity index (χ1n) is 8.12. The molecular formula is C19H21F2NO3. The van der Waals surface area contributed by atoms with Crippen LogP contribution in [0.2, 0.25) is 0 Å². The maximum absolute atomic E-state index is 13.6. The van der Waals surface area contributed by atoms with Gasteiger partial charge in [-0.2, -0.15) is 0 Å². The predicted molar refractivity (Wildman–Crippen MR) is 91.1 cm³/mol. The molecule has 134 valence electrons. The van der Waals surface area contributed by atoms with Gasteiger partial charge in [0.15, 0.2) is 0 Å². The van der Waals surface area contributed by atoms with Gasteiger partial charge in [-0.3, -0.25) is 10.1 Å². The second-order valence-electron chi connectivity index (χ2n) is 5.98. The van der Waals surface area contributed by atoms with Crippen LogP contribution in [0.25, 0.3) is 0 Å². The summed E-state index contributed by atoms with van der Waals surface area (Å²) in [6.07, 6.45) is -0.130. The van der Waals surface area contributed by atoms with Gasteiger partial charge in [0.05, 0.1) is 0 Å². The van der Waals surface area contributed by atoms with Crippen LogP contribution in [0.15, 0.2) is 36.4 Å². The highest BCUT2D eigenvalue weighted by molar-refractivity contribution is 5.35. The van der Waals surface area contributed by atoms with Crippen LogP contribution in [0, 0.1) is 35.6 Å². The largest absolute Gasteiger partial charge is 0.367 e. The Kier molecular flexibility index (Phi) is 6.58. The van der Waals surface area contributed by atoms with Gasteiger partial charge < -0.3 is 4.74 Å². The van der Waals surface area contributed by atoms with E-state index in [2.05, 4.69) is 0 Å². The molecule has 6 heteroatoms. The van der Waals surface area contributed by atoms with E-state index in [-0.39, 0.29) is 25.1 Å². The molecule has 0 saturated carbocycles. The molecule has 4 nitrogen and oxygen atoms in total. The molecule has 2 aromatic carbocycles. The molecule has 0 N–H and O–H groups in total. The summed E-state index contributed by atoms with van der Waals surface area (Å²) in [5.41, 5.74) is 2.67. The fourth-order valence-electron chi connectivity index (χ4n) is 2.94. The smallest absolute Gasteiger partial charge is 0.233 e. The van der Waals surface area contributed by atoms with Crippen molar-refractivity contribution in [2.45, 2.75) is 32.8 Å². The third kappa shape index (κ3) is 5.06. The number of hydrogen-bond donors (Lipinski definition) is 0. The topological polar surface area (TPSA) is 52.4 Å². The minimum atomic E-state index is -0.679. The fraction of sp³-hybridized carbons (Fsp3) is 0.368. The molecule has 1 atom stereocenters. The van der Waals surface area contributed by atoms with Gasteiger partial charge in [0, 0.05) is 17.1 Å². The van der Waals surface area contributed by atoms with E-state index in [1.54, 1.807) is 0 Å². The average molecular weight is 349 g/mol. The Hall–Kier alpha value is -2.34. The van der Waals surface area contributed by atoms with E-state index in [9.17, 15) is 18.9 Å². The Morgan fingerprint density at radius 1 is 1.08 bits per heavy atom. The predicted octanol–water partition coefficient (Wildman–Crippen LogP) is 4.55. The Morgan fingerprint density at radius 3 is 2.20 bits per heavy atom. The Labute approximate surface area is 145 Å². The summed E-state index contributed by atoms with van der Waals surface area (Å²) >= 11 is 0. The number of benzene rings is 2. The van der Waals surface area contributed by atoms with E-state index >= 15 is 0 Å². The molecule has 0 spiro atoms. The highest BCUT2D eigenvalue weighted by Gasteiger charge is 2.22. The van der Waals surface area contributed by atoms with Crippen molar-refractivity contribution in [3.63, 3.8) is 0 Å². The first kappa shape index (κ1) is 19.0. The maximum Gasteiger partial charge on any atom is 0.233 e. The summed E-state index contributed by atoms with van der Waals surface area (Å²) in [5.74, 6) is -1.17. The van der Waals surface area contributed by atoms with Crippen molar-refractivity contribution in [3.8, 4) is 0 Å². The first-order chi connectivity index (χ1) is 11.9. The Morgan fingerprint density at radius 2 is 1.64 bits per heavy atom. The van der Waals surface area contributed by atoms with Crippen LogP contribution in [0.3, 0.4) is 0 Å². The van der Waals surface area contributed by atoms with Crippen LogP contribution < -0.4 is 0 Å². The number of ether oxygens (including phenoxy) is 1. The van der Waals surface area contributed by atoms with Crippen molar-refractivity contribution in [2.75, 3.05) is 13.2 Å². The normalized spacial score (nSPS) is 12.2. The molecule has 0 aromatic heterocycles. The second kappa shape index (κ2) is 8.67. The summed E-state index contributed by atoms with van der Waals surface area (Å²) < 4.78 is 32.9. The van der Waals surface area contributed by atoms with E-state index in [0.717, 1.165) is 16.7 Å². The molecule has 25 heavy (non-hydrogen) atoms. The molecule has 0 amide bonds. The number of hydrogen-bond acceptors (Lipinski definition) is 3. The molecule has 0 bridgehead atoms. The van der Waals surface area contributed by atoms with Gasteiger partial charge in [-0.15, -0.1) is 0 Å². The van der Waals surface area contributed by atoms with Crippen LogP contribution in [-0.2, 0) is 11.2 Å². The summed E-state index contributed by atoms with van der Waals surface area (Å²) in [6.45, 7) is 3.60. The molecule has 2 rings (SSSR count). The fourth-order valence-corrected chi connectivity index (χ4v) is 2.94. The van der Waals surface area contributed by atoms with Gasteiger partial charge in [0.2, 0.25) is 6.54 Å². The Bertz CT molecular complexity index is 709. The van der Waals surface area contributed by atoms with Crippen molar-refractivity contribution in [1.82, 2.24) is 0 Å². The Balaban J connectivity index is 2.03. The zero-order chi connectivity index (χ0) is 18.4. The lowest BCUT2D eigenvalue weighted by Gasteiger charge is -2.19. The SMILES string of the molecule is Cc1cccc(C)c1C(C[N+](=O)[O-])OCCCc1c(F)cccc1F. The van der Waals surface area contributed by atoms with Crippen LogP contribution >= 0.6 is 0 Å². The molecule has 0 radical (unpaired) electrons. The highest BCUT2D eigenvalue weighted by Crippen LogP contribution is 2.25. The van der Waals surface area contributed by atoms with Gasteiger partial charge in [-0.1, -0.05) is 24.3 Å². The minimum Gasteiger partial charge on any atom is -0.367 e. The van der Waals surface area contributed by atoms with Crippen molar-refractivity contribution in [2.24, 2.45) is 0 Å². The number of halogens is 2. The molecule has 0 heterocycles. The van der Waals surface area contributed by atoms with Crippen LogP contribution in [0.4, 0.5) is 8.78 Å². The second-order valence-corrected chi connectivity index (χ2v) is 5.98. The zero-order valence-corrected chi connectivity index (χ0v) is 14.3. The van der Waals surface area contributed by atoms with Gasteiger partial charge in [0.25, 0.3) is 0 Å². The van der Waals surface area contributed by atoms with Gasteiger partial charge in [-0.25, -0.2) is 8.78 Å². The minimum absolute atomic E-state index is 0.0176. The quantitative estimate of drug-likeness (QED) is 0.399. The van der Waals surface area contributed by atoms with Crippen molar-refractivity contribution < 1.29 is 18.4 Å². The lowest BCUT2D eigenvalue weighted by atomic mass is 9.98. The van der Waals surface area contributed by atoms with Crippen molar-refractivity contribution in [1.29, 1.82) is 0 Å². The number of nitro groups is 1. The number of nitrogens with zero attached hydrogens (tertiary/aromatic N) is 1. The average Bonchev–Trinajstić information content (AvgIpc) is 2.52. The van der Waals surface area contributed by atoms with Gasteiger partial charge in [0.1, 0.15) is 17.7 Å². The monoisotopic (exact) mass is 349 g/mol. The number of aryl methyl sites for hydroxylation is 2. The first-order valence-corrected chi connectivity index (χ1v) is 8.12. The van der Waals surface area contributed by atoms with Crippen LogP contribution in [0.1, 0.15) is 34.8 Å². The lowest BCUT2D eigenvalue weighted by molar-refractivity contribution is -0.492. The van der Waals surface area contributed by atoms with Crippen molar-refractivity contribution >= 4 is 0 Å². The summed E-state index contributed by atoms with van der Waals surface area (Å²) in [6, 6.07) is 9.40. The van der Waals surface area contributed by atoms with Crippen LogP contribution in [-0.4, -0.2) is 18.1 Å². The third-order valence-corrected chi connectivity index (χ3v) is 4.13. The molecule has 0 fully saturated rings. The molecule has 0 aliphatic heterocycles. The van der Waals surface area contributed by atoms with E-state index < -0.39 is 22.7 Å². The highest BCUT2D eigenvalue weighted by atomic mass is 19.1. The molecule has 0 saturated heterocycles. The summed E-state index contributed by atoms with van der Waals surface area (Å²) in [4.78, 5) is 10.6. The van der Waals surface area contributed by atoms with Gasteiger partial charge >= 0.3 is 0 Å². The summed E-state index contributed by atoms with van der Waals surface area (Å²) in [7, 11) is 0. The standard InChI is InChI=1S/C19H21F2NO3/c1-13-6-3-7-14(2)19(13)18(12-22(23)24)25-11-5-8-15-16(20)9-4-10-17(15)21/h3-4,6-7,9-10,18H,5,8,11-12H2,1-2H3. The third-order valence-electron chi connectivity index (χ3n) is 4.13. The molecular weight excluding hydrogens is 328 g/mol. The molecule has 0 aliphatic rings. The lowest BCUT2D eigenvalue weighted by Crippen LogP contribution is -2.18. The van der Waals surface area contributed by atoms with Crippen LogP contribution in [0.5, 0.6) is 0 Å². The molecule has 0 aliphatic carbocycles. The van der Waals surface area contributed by atoms with E-state index in [1.807, 2.05) is 32.0 Å². The number of rotatable bonds is 8. The van der Waals surface area contributed by atoms with E-state index in [1.165, 1.54) is 18.2 Å². The molecule has 1 unspecified atom stereocenters. The zero-order valence-electron chi connectivity index (χ0n) is 14.3. The van der Waals surface area contributed by atoms with E-state index in [0.29, 0.717) is 6.42 Å².